The van der Waals surface area contributed by atoms with Gasteiger partial charge in [-0.05, 0) is 6.92 Å². The van der Waals surface area contributed by atoms with Gasteiger partial charge in [0.15, 0.2) is 0 Å². The first-order chi connectivity index (χ1) is 9.83. The molecule has 0 spiro atoms. The lowest BCUT2D eigenvalue weighted by atomic mass is 10.3. The van der Waals surface area contributed by atoms with Gasteiger partial charge in [-0.25, -0.2) is 4.98 Å². The van der Waals surface area contributed by atoms with Crippen molar-refractivity contribution in [3.8, 4) is 0 Å². The number of aromatic nitrogens is 1. The van der Waals surface area contributed by atoms with Crippen LogP contribution < -0.4 is 0 Å². The Balaban J connectivity index is 1.74. The minimum atomic E-state index is 0.153. The molecule has 0 atom stereocenters. The molecule has 118 valence electrons. The molecule has 6 heteroatoms. The lowest BCUT2D eigenvalue weighted by Gasteiger charge is -2.34. The van der Waals surface area contributed by atoms with Crippen LogP contribution in [0.15, 0.2) is 5.38 Å². The normalized spacial score (nSPS) is 17.2. The number of amides is 1. The zero-order valence-corrected chi connectivity index (χ0v) is 15.0. The Morgan fingerprint density at radius 3 is 2.52 bits per heavy atom. The molecule has 4 nitrogen and oxygen atoms in total. The highest BCUT2D eigenvalue weighted by Gasteiger charge is 2.23. The fourth-order valence-electron chi connectivity index (χ4n) is 2.23. The van der Waals surface area contributed by atoms with Crippen LogP contribution in [0.1, 0.15) is 31.5 Å². The molecule has 1 fully saturated rings. The maximum Gasteiger partial charge on any atom is 0.232 e. The predicted molar refractivity (Wildman–Crippen MR) is 90.9 cm³/mol. The van der Waals surface area contributed by atoms with Crippen LogP contribution in [-0.2, 0) is 11.3 Å². The van der Waals surface area contributed by atoms with E-state index >= 15 is 0 Å². The third-order valence-corrected chi connectivity index (χ3v) is 5.49. The molecule has 0 saturated carbocycles. The van der Waals surface area contributed by atoms with Gasteiger partial charge in [-0.1, -0.05) is 20.8 Å². The van der Waals surface area contributed by atoms with Crippen molar-refractivity contribution in [3.63, 3.8) is 0 Å². The van der Waals surface area contributed by atoms with Crippen molar-refractivity contribution in [2.75, 3.05) is 31.9 Å². The van der Waals surface area contributed by atoms with E-state index in [-0.39, 0.29) is 10.7 Å². The number of rotatable bonds is 4. The SMILES string of the molecule is Cc1nc(CN2CCN(C(=O)CSC(C)(C)C)CC2)cs1. The third-order valence-electron chi connectivity index (χ3n) is 3.41. The molecule has 1 aliphatic rings. The fourth-order valence-corrected chi connectivity index (χ4v) is 3.58. The summed E-state index contributed by atoms with van der Waals surface area (Å²) in [5.41, 5.74) is 1.15. The maximum absolute atomic E-state index is 12.2. The lowest BCUT2D eigenvalue weighted by molar-refractivity contribution is -0.130. The van der Waals surface area contributed by atoms with Gasteiger partial charge in [0.05, 0.1) is 16.5 Å². The van der Waals surface area contributed by atoms with E-state index < -0.39 is 0 Å². The summed E-state index contributed by atoms with van der Waals surface area (Å²) < 4.78 is 0.153. The van der Waals surface area contributed by atoms with E-state index in [1.54, 1.807) is 23.1 Å². The van der Waals surface area contributed by atoms with E-state index in [4.69, 9.17) is 0 Å². The first kappa shape index (κ1) is 16.8. The second-order valence-corrected chi connectivity index (χ2v) is 9.28. The molecule has 0 aliphatic carbocycles. The molecule has 0 bridgehead atoms. The molecule has 1 aromatic heterocycles. The molecule has 0 radical (unpaired) electrons. The number of nitrogens with zero attached hydrogens (tertiary/aromatic N) is 3. The summed E-state index contributed by atoms with van der Waals surface area (Å²) in [5, 5.41) is 3.25. The second kappa shape index (κ2) is 7.11. The average molecular weight is 328 g/mol. The number of piperazine rings is 1. The molecule has 1 amide bonds. The van der Waals surface area contributed by atoms with Gasteiger partial charge in [0.25, 0.3) is 0 Å². The first-order valence-corrected chi connectivity index (χ1v) is 9.25. The quantitative estimate of drug-likeness (QED) is 0.852. The summed E-state index contributed by atoms with van der Waals surface area (Å²) >= 11 is 3.43. The Morgan fingerprint density at radius 1 is 1.33 bits per heavy atom. The molecule has 1 aromatic rings. The van der Waals surface area contributed by atoms with Gasteiger partial charge in [0.1, 0.15) is 0 Å². The largest absolute Gasteiger partial charge is 0.339 e. The average Bonchev–Trinajstić information content (AvgIpc) is 2.81. The van der Waals surface area contributed by atoms with Gasteiger partial charge in [0.2, 0.25) is 5.91 Å². The Bertz CT molecular complexity index is 474. The number of hydrogen-bond acceptors (Lipinski definition) is 5. The van der Waals surface area contributed by atoms with Crippen molar-refractivity contribution in [2.45, 2.75) is 39.0 Å². The summed E-state index contributed by atoms with van der Waals surface area (Å²) in [6.07, 6.45) is 0. The number of thiazole rings is 1. The summed E-state index contributed by atoms with van der Waals surface area (Å²) in [4.78, 5) is 21.1. The Morgan fingerprint density at radius 2 is 2.00 bits per heavy atom. The number of thioether (sulfide) groups is 1. The van der Waals surface area contributed by atoms with Gasteiger partial charge in [-0.3, -0.25) is 9.69 Å². The summed E-state index contributed by atoms with van der Waals surface area (Å²) in [6, 6.07) is 0. The Hall–Kier alpha value is -0.590. The van der Waals surface area contributed by atoms with Crippen LogP contribution in [0.2, 0.25) is 0 Å². The van der Waals surface area contributed by atoms with E-state index in [1.807, 2.05) is 11.8 Å². The summed E-state index contributed by atoms with van der Waals surface area (Å²) in [5.74, 6) is 0.869. The number of hydrogen-bond donors (Lipinski definition) is 0. The molecule has 0 aromatic carbocycles. The van der Waals surface area contributed by atoms with Crippen molar-refractivity contribution in [1.29, 1.82) is 0 Å². The zero-order chi connectivity index (χ0) is 15.5. The third kappa shape index (κ3) is 5.60. The van der Waals surface area contributed by atoms with Gasteiger partial charge < -0.3 is 4.90 Å². The van der Waals surface area contributed by atoms with Crippen LogP contribution in [-0.4, -0.2) is 57.4 Å². The van der Waals surface area contributed by atoms with Gasteiger partial charge in [-0.2, -0.15) is 0 Å². The monoisotopic (exact) mass is 327 g/mol. The Kier molecular flexibility index (Phi) is 5.68. The van der Waals surface area contributed by atoms with Crippen LogP contribution in [0.3, 0.4) is 0 Å². The maximum atomic E-state index is 12.2. The predicted octanol–water partition coefficient (Wildman–Crippen LogP) is 2.63. The summed E-state index contributed by atoms with van der Waals surface area (Å²) in [7, 11) is 0. The van der Waals surface area contributed by atoms with Crippen LogP contribution in [0.4, 0.5) is 0 Å². The molecule has 2 heterocycles. The number of carbonyl (C=O) groups excluding carboxylic acids is 1. The van der Waals surface area contributed by atoms with Gasteiger partial charge in [0, 0.05) is 42.9 Å². The van der Waals surface area contributed by atoms with Crippen molar-refractivity contribution in [2.24, 2.45) is 0 Å². The van der Waals surface area contributed by atoms with Crippen LogP contribution in [0, 0.1) is 6.92 Å². The highest BCUT2D eigenvalue weighted by atomic mass is 32.2. The molecular weight excluding hydrogens is 302 g/mol. The molecule has 21 heavy (non-hydrogen) atoms. The topological polar surface area (TPSA) is 36.4 Å². The standard InChI is InChI=1S/C15H25N3OS2/c1-12-16-13(10-20-12)9-17-5-7-18(8-6-17)14(19)11-21-15(2,3)4/h10H,5-9,11H2,1-4H3. The highest BCUT2D eigenvalue weighted by Crippen LogP contribution is 2.23. The zero-order valence-electron chi connectivity index (χ0n) is 13.4. The van der Waals surface area contributed by atoms with E-state index in [0.717, 1.165) is 43.4 Å². The molecule has 1 aliphatic heterocycles. The van der Waals surface area contributed by atoms with Crippen LogP contribution in [0.25, 0.3) is 0 Å². The van der Waals surface area contributed by atoms with Gasteiger partial charge >= 0.3 is 0 Å². The van der Waals surface area contributed by atoms with Crippen molar-refractivity contribution in [1.82, 2.24) is 14.8 Å². The molecule has 1 saturated heterocycles. The second-order valence-electron chi connectivity index (χ2n) is 6.42. The van der Waals surface area contributed by atoms with E-state index in [1.165, 1.54) is 0 Å². The minimum Gasteiger partial charge on any atom is -0.339 e. The summed E-state index contributed by atoms with van der Waals surface area (Å²) in [6.45, 7) is 13.0. The highest BCUT2D eigenvalue weighted by molar-refractivity contribution is 8.01. The van der Waals surface area contributed by atoms with Crippen LogP contribution >= 0.6 is 23.1 Å². The Labute approximate surface area is 135 Å². The van der Waals surface area contributed by atoms with E-state index in [9.17, 15) is 4.79 Å². The lowest BCUT2D eigenvalue weighted by Crippen LogP contribution is -2.49. The fraction of sp³-hybridized carbons (Fsp3) is 0.733. The number of aryl methyl sites for hydroxylation is 1. The van der Waals surface area contributed by atoms with Crippen molar-refractivity contribution in [3.05, 3.63) is 16.1 Å². The van der Waals surface area contributed by atoms with E-state index in [0.29, 0.717) is 5.75 Å². The van der Waals surface area contributed by atoms with Crippen LogP contribution in [0.5, 0.6) is 0 Å². The first-order valence-electron chi connectivity index (χ1n) is 7.38. The van der Waals surface area contributed by atoms with E-state index in [2.05, 4.69) is 36.0 Å². The smallest absolute Gasteiger partial charge is 0.232 e. The minimum absolute atomic E-state index is 0.153. The molecule has 0 unspecified atom stereocenters. The van der Waals surface area contributed by atoms with Gasteiger partial charge in [-0.15, -0.1) is 23.1 Å². The molecular formula is C15H25N3OS2. The number of carbonyl (C=O) groups is 1. The van der Waals surface area contributed by atoms with Crippen molar-refractivity contribution < 1.29 is 4.79 Å². The molecule has 2 rings (SSSR count). The van der Waals surface area contributed by atoms with Crippen molar-refractivity contribution >= 4 is 29.0 Å². The molecule has 0 N–H and O–H groups in total.